The molecule has 2 rings (SSSR count). The summed E-state index contributed by atoms with van der Waals surface area (Å²) in [5.41, 5.74) is -0.727. The Hall–Kier alpha value is -1.17. The summed E-state index contributed by atoms with van der Waals surface area (Å²) in [5.74, 6) is -9.30. The number of nitrogens with one attached hydrogen (secondary N) is 1. The van der Waals surface area contributed by atoms with Crippen molar-refractivity contribution in [3.05, 3.63) is 34.6 Å². The molecule has 1 aromatic carbocycles. The molecule has 0 spiro atoms. The standard InChI is InChI=1S/C11H10F5N/c12-7-6(2-1-5-3-4-17-5)8(13)10(15)11(16)9(7)14/h5,17H,1-4H2. The van der Waals surface area contributed by atoms with Gasteiger partial charge in [-0.3, -0.25) is 0 Å². The molecule has 1 aromatic rings. The van der Waals surface area contributed by atoms with Crippen molar-refractivity contribution in [3.8, 4) is 0 Å². The van der Waals surface area contributed by atoms with E-state index in [0.717, 1.165) is 13.0 Å². The molecule has 6 heteroatoms. The maximum atomic E-state index is 13.2. The van der Waals surface area contributed by atoms with E-state index in [1.54, 1.807) is 0 Å². The van der Waals surface area contributed by atoms with Crippen LogP contribution in [0.3, 0.4) is 0 Å². The van der Waals surface area contributed by atoms with Crippen LogP contribution >= 0.6 is 0 Å². The Balaban J connectivity index is 2.25. The summed E-state index contributed by atoms with van der Waals surface area (Å²) >= 11 is 0. The minimum absolute atomic E-state index is 0.102. The van der Waals surface area contributed by atoms with Gasteiger partial charge in [-0.05, 0) is 25.8 Å². The minimum Gasteiger partial charge on any atom is -0.314 e. The lowest BCUT2D eigenvalue weighted by atomic mass is 9.97. The molecule has 0 amide bonds. The van der Waals surface area contributed by atoms with Crippen molar-refractivity contribution in [3.63, 3.8) is 0 Å². The van der Waals surface area contributed by atoms with Gasteiger partial charge in [0.15, 0.2) is 23.3 Å². The third-order valence-electron chi connectivity index (χ3n) is 2.97. The van der Waals surface area contributed by atoms with Crippen LogP contribution in [0.1, 0.15) is 18.4 Å². The van der Waals surface area contributed by atoms with Crippen LogP contribution < -0.4 is 5.32 Å². The first-order chi connectivity index (χ1) is 8.02. The van der Waals surface area contributed by atoms with Crippen LogP contribution in [-0.4, -0.2) is 12.6 Å². The van der Waals surface area contributed by atoms with Crippen LogP contribution in [0.4, 0.5) is 22.0 Å². The van der Waals surface area contributed by atoms with E-state index in [0.29, 0.717) is 6.42 Å². The summed E-state index contributed by atoms with van der Waals surface area (Å²) in [6.45, 7) is 0.821. The highest BCUT2D eigenvalue weighted by Crippen LogP contribution is 2.25. The third-order valence-corrected chi connectivity index (χ3v) is 2.97. The van der Waals surface area contributed by atoms with Gasteiger partial charge in [0.1, 0.15) is 0 Å². The van der Waals surface area contributed by atoms with E-state index in [2.05, 4.69) is 5.32 Å². The van der Waals surface area contributed by atoms with Crippen LogP contribution in [0.2, 0.25) is 0 Å². The van der Waals surface area contributed by atoms with Crippen LogP contribution in [0.15, 0.2) is 0 Å². The molecule has 0 radical (unpaired) electrons. The summed E-state index contributed by atoms with van der Waals surface area (Å²) in [4.78, 5) is 0. The van der Waals surface area contributed by atoms with Gasteiger partial charge < -0.3 is 5.32 Å². The molecule has 1 nitrogen and oxygen atoms in total. The number of benzene rings is 1. The molecule has 1 aliphatic heterocycles. The van der Waals surface area contributed by atoms with Crippen molar-refractivity contribution in [1.29, 1.82) is 0 Å². The first-order valence-corrected chi connectivity index (χ1v) is 5.26. The monoisotopic (exact) mass is 251 g/mol. The molecule has 0 aliphatic carbocycles. The van der Waals surface area contributed by atoms with Gasteiger partial charge in [0, 0.05) is 11.6 Å². The number of hydrogen-bond donors (Lipinski definition) is 1. The van der Waals surface area contributed by atoms with E-state index in [-0.39, 0.29) is 12.5 Å². The van der Waals surface area contributed by atoms with Crippen molar-refractivity contribution in [2.75, 3.05) is 6.54 Å². The molecule has 94 valence electrons. The zero-order chi connectivity index (χ0) is 12.6. The van der Waals surface area contributed by atoms with Crippen LogP contribution in [0.5, 0.6) is 0 Å². The predicted octanol–water partition coefficient (Wildman–Crippen LogP) is 2.68. The maximum Gasteiger partial charge on any atom is 0.200 e. The summed E-state index contributed by atoms with van der Waals surface area (Å²) in [6.07, 6.45) is 1.05. The average Bonchev–Trinajstić information content (AvgIpc) is 2.26. The molecular weight excluding hydrogens is 241 g/mol. The fourth-order valence-corrected chi connectivity index (χ4v) is 1.78. The molecule has 0 aromatic heterocycles. The largest absolute Gasteiger partial charge is 0.314 e. The smallest absolute Gasteiger partial charge is 0.200 e. The molecule has 1 aliphatic rings. The summed E-state index contributed by atoms with van der Waals surface area (Å²) < 4.78 is 64.9. The van der Waals surface area contributed by atoms with Gasteiger partial charge in [-0.25, -0.2) is 22.0 Å². The molecule has 1 saturated heterocycles. The highest BCUT2D eigenvalue weighted by atomic mass is 19.2. The Labute approximate surface area is 94.6 Å². The van der Waals surface area contributed by atoms with Gasteiger partial charge in [-0.2, -0.15) is 0 Å². The van der Waals surface area contributed by atoms with E-state index >= 15 is 0 Å². The highest BCUT2D eigenvalue weighted by Gasteiger charge is 2.26. The molecule has 1 atom stereocenters. The second-order valence-electron chi connectivity index (χ2n) is 4.03. The summed E-state index contributed by atoms with van der Waals surface area (Å²) in [5, 5.41) is 2.99. The Morgan fingerprint density at radius 2 is 1.35 bits per heavy atom. The highest BCUT2D eigenvalue weighted by molar-refractivity contribution is 5.24. The zero-order valence-electron chi connectivity index (χ0n) is 8.80. The molecule has 0 saturated carbocycles. The summed E-state index contributed by atoms with van der Waals surface area (Å²) in [7, 11) is 0. The first-order valence-electron chi connectivity index (χ1n) is 5.26. The molecule has 0 bridgehead atoms. The van der Waals surface area contributed by atoms with E-state index < -0.39 is 34.6 Å². The van der Waals surface area contributed by atoms with Gasteiger partial charge in [0.05, 0.1) is 0 Å². The Kier molecular flexibility index (Phi) is 3.33. The molecular formula is C11H10F5N. The van der Waals surface area contributed by atoms with Crippen molar-refractivity contribution in [1.82, 2.24) is 5.32 Å². The zero-order valence-corrected chi connectivity index (χ0v) is 8.80. The minimum atomic E-state index is -2.11. The lowest BCUT2D eigenvalue weighted by molar-refractivity contribution is 0.338. The number of rotatable bonds is 3. The Bertz CT molecular complexity index is 413. The van der Waals surface area contributed by atoms with Crippen LogP contribution in [0.25, 0.3) is 0 Å². The van der Waals surface area contributed by atoms with Crippen LogP contribution in [0, 0.1) is 29.1 Å². The van der Waals surface area contributed by atoms with Gasteiger partial charge in [0.25, 0.3) is 0 Å². The van der Waals surface area contributed by atoms with E-state index in [9.17, 15) is 22.0 Å². The van der Waals surface area contributed by atoms with Crippen molar-refractivity contribution < 1.29 is 22.0 Å². The lowest BCUT2D eigenvalue weighted by Gasteiger charge is -2.27. The van der Waals surface area contributed by atoms with Crippen LogP contribution in [-0.2, 0) is 6.42 Å². The lowest BCUT2D eigenvalue weighted by Crippen LogP contribution is -2.43. The summed E-state index contributed by atoms with van der Waals surface area (Å²) in [6, 6.07) is 0.102. The molecule has 1 N–H and O–H groups in total. The van der Waals surface area contributed by atoms with Crippen molar-refractivity contribution in [2.24, 2.45) is 0 Å². The normalized spacial score (nSPS) is 19.2. The third kappa shape index (κ3) is 2.13. The number of halogens is 5. The van der Waals surface area contributed by atoms with Crippen molar-refractivity contribution in [2.45, 2.75) is 25.3 Å². The van der Waals surface area contributed by atoms with Crippen molar-refractivity contribution >= 4 is 0 Å². The van der Waals surface area contributed by atoms with Gasteiger partial charge in [-0.1, -0.05) is 0 Å². The fraction of sp³-hybridized carbons (Fsp3) is 0.455. The maximum absolute atomic E-state index is 13.2. The SMILES string of the molecule is Fc1c(F)c(F)c(CCC2CCN2)c(F)c1F. The van der Waals surface area contributed by atoms with E-state index in [4.69, 9.17) is 0 Å². The molecule has 1 heterocycles. The van der Waals surface area contributed by atoms with Gasteiger partial charge in [0.2, 0.25) is 5.82 Å². The predicted molar refractivity (Wildman–Crippen MR) is 51.0 cm³/mol. The number of hydrogen-bond acceptors (Lipinski definition) is 1. The quantitative estimate of drug-likeness (QED) is 0.495. The van der Waals surface area contributed by atoms with E-state index in [1.807, 2.05) is 0 Å². The molecule has 17 heavy (non-hydrogen) atoms. The molecule has 1 fully saturated rings. The van der Waals surface area contributed by atoms with Gasteiger partial charge >= 0.3 is 0 Å². The average molecular weight is 251 g/mol. The Morgan fingerprint density at radius 1 is 0.882 bits per heavy atom. The second-order valence-corrected chi connectivity index (χ2v) is 4.03. The topological polar surface area (TPSA) is 12.0 Å². The second kappa shape index (κ2) is 4.60. The van der Waals surface area contributed by atoms with E-state index in [1.165, 1.54) is 0 Å². The van der Waals surface area contributed by atoms with Gasteiger partial charge in [-0.15, -0.1) is 0 Å². The fourth-order valence-electron chi connectivity index (χ4n) is 1.78. The Morgan fingerprint density at radius 3 is 1.76 bits per heavy atom. The first kappa shape index (κ1) is 12.3. The molecule has 1 unspecified atom stereocenters.